The molecule has 1 aromatic carbocycles. The molecule has 1 aliphatic rings. The quantitative estimate of drug-likeness (QED) is 0.770. The summed E-state index contributed by atoms with van der Waals surface area (Å²) >= 11 is 0. The molecule has 6 heteroatoms. The Morgan fingerprint density at radius 1 is 1.16 bits per heavy atom. The van der Waals surface area contributed by atoms with Crippen LogP contribution in [0, 0.1) is 0 Å². The second-order valence-corrected chi connectivity index (χ2v) is 6.14. The second-order valence-electron chi connectivity index (χ2n) is 6.14. The molecule has 3 heterocycles. The van der Waals surface area contributed by atoms with E-state index in [0.29, 0.717) is 11.5 Å². The maximum Gasteiger partial charge on any atom is 0.275 e. The van der Waals surface area contributed by atoms with Crippen molar-refractivity contribution in [3.8, 4) is 0 Å². The highest BCUT2D eigenvalue weighted by atomic mass is 16.1. The van der Waals surface area contributed by atoms with E-state index in [9.17, 15) is 4.79 Å². The molecule has 0 saturated carbocycles. The third-order valence-corrected chi connectivity index (χ3v) is 4.39. The summed E-state index contributed by atoms with van der Waals surface area (Å²) < 4.78 is 0. The van der Waals surface area contributed by atoms with Crippen molar-refractivity contribution in [1.82, 2.24) is 20.1 Å². The van der Waals surface area contributed by atoms with E-state index in [-0.39, 0.29) is 5.91 Å². The van der Waals surface area contributed by atoms with Crippen LogP contribution in [0.4, 0.5) is 5.82 Å². The van der Waals surface area contributed by atoms with Gasteiger partial charge in [0.25, 0.3) is 5.91 Å². The summed E-state index contributed by atoms with van der Waals surface area (Å²) in [5.74, 6) is 0.381. The van der Waals surface area contributed by atoms with E-state index in [1.54, 1.807) is 24.4 Å². The molecule has 0 spiro atoms. The van der Waals surface area contributed by atoms with Crippen molar-refractivity contribution in [2.45, 2.75) is 19.5 Å². The summed E-state index contributed by atoms with van der Waals surface area (Å²) in [6, 6.07) is 15.7. The summed E-state index contributed by atoms with van der Waals surface area (Å²) in [5, 5.41) is 10.2. The highest BCUT2D eigenvalue weighted by Gasteiger charge is 2.23. The van der Waals surface area contributed by atoms with Gasteiger partial charge in [0.1, 0.15) is 5.69 Å². The number of anilines is 1. The Morgan fingerprint density at radius 3 is 2.80 bits per heavy atom. The minimum atomic E-state index is -0.235. The van der Waals surface area contributed by atoms with Gasteiger partial charge in [0.2, 0.25) is 0 Å². The molecular weight excluding hydrogens is 314 g/mol. The molecule has 6 nitrogen and oxygen atoms in total. The number of H-pyrrole nitrogens is 1. The maximum absolute atomic E-state index is 12.3. The van der Waals surface area contributed by atoms with Gasteiger partial charge < -0.3 is 5.32 Å². The van der Waals surface area contributed by atoms with Crippen LogP contribution in [0.15, 0.2) is 54.7 Å². The van der Waals surface area contributed by atoms with Crippen LogP contribution in [0.2, 0.25) is 0 Å². The van der Waals surface area contributed by atoms with E-state index >= 15 is 0 Å². The topological polar surface area (TPSA) is 73.9 Å². The number of nitrogens with zero attached hydrogens (tertiary/aromatic N) is 3. The van der Waals surface area contributed by atoms with Crippen molar-refractivity contribution < 1.29 is 4.79 Å². The lowest BCUT2D eigenvalue weighted by molar-refractivity contribution is 0.102. The van der Waals surface area contributed by atoms with Gasteiger partial charge in [-0.25, -0.2) is 0 Å². The molecule has 1 aliphatic heterocycles. The van der Waals surface area contributed by atoms with Crippen LogP contribution in [0.3, 0.4) is 0 Å². The first-order chi connectivity index (χ1) is 12.3. The molecule has 0 saturated heterocycles. The summed E-state index contributed by atoms with van der Waals surface area (Å²) in [4.78, 5) is 18.7. The summed E-state index contributed by atoms with van der Waals surface area (Å²) in [6.45, 7) is 2.65. The molecule has 25 heavy (non-hydrogen) atoms. The third-order valence-electron chi connectivity index (χ3n) is 4.39. The number of hydrogen-bond acceptors (Lipinski definition) is 4. The Kier molecular flexibility index (Phi) is 4.26. The zero-order chi connectivity index (χ0) is 17.1. The zero-order valence-electron chi connectivity index (χ0n) is 13.8. The zero-order valence-corrected chi connectivity index (χ0v) is 13.8. The smallest absolute Gasteiger partial charge is 0.275 e. The molecule has 0 bridgehead atoms. The van der Waals surface area contributed by atoms with Crippen LogP contribution in [0.25, 0.3) is 0 Å². The van der Waals surface area contributed by atoms with Gasteiger partial charge in [-0.05, 0) is 24.1 Å². The van der Waals surface area contributed by atoms with Gasteiger partial charge in [-0.3, -0.25) is 19.8 Å². The fourth-order valence-corrected chi connectivity index (χ4v) is 3.12. The number of benzene rings is 1. The highest BCUT2D eigenvalue weighted by molar-refractivity contribution is 6.02. The van der Waals surface area contributed by atoms with Crippen molar-refractivity contribution in [3.05, 3.63) is 77.2 Å². The number of pyridine rings is 1. The van der Waals surface area contributed by atoms with Crippen LogP contribution in [-0.2, 0) is 19.5 Å². The SMILES string of the molecule is O=C(Nc1n[nH]c2c1CCN(Cc1ccccc1)C2)c1ccccn1. The predicted molar refractivity (Wildman–Crippen MR) is 95.0 cm³/mol. The minimum Gasteiger partial charge on any atom is -0.303 e. The molecule has 1 amide bonds. The third kappa shape index (κ3) is 3.44. The predicted octanol–water partition coefficient (Wildman–Crippen LogP) is 2.62. The van der Waals surface area contributed by atoms with Gasteiger partial charge >= 0.3 is 0 Å². The first kappa shape index (κ1) is 15.5. The number of aromatic amines is 1. The Balaban J connectivity index is 1.44. The molecule has 2 aromatic heterocycles. The number of fused-ring (bicyclic) bond motifs is 1. The van der Waals surface area contributed by atoms with E-state index in [0.717, 1.165) is 37.3 Å². The van der Waals surface area contributed by atoms with E-state index in [4.69, 9.17) is 0 Å². The number of carbonyl (C=O) groups excluding carboxylic acids is 1. The Morgan fingerprint density at radius 2 is 2.00 bits per heavy atom. The number of carbonyl (C=O) groups is 1. The average molecular weight is 333 g/mol. The first-order valence-electron chi connectivity index (χ1n) is 8.34. The lowest BCUT2D eigenvalue weighted by atomic mass is 10.1. The second kappa shape index (κ2) is 6.86. The molecule has 0 fully saturated rings. The maximum atomic E-state index is 12.3. The van der Waals surface area contributed by atoms with Crippen LogP contribution < -0.4 is 5.32 Å². The largest absolute Gasteiger partial charge is 0.303 e. The van der Waals surface area contributed by atoms with Crippen molar-refractivity contribution in [2.24, 2.45) is 0 Å². The number of nitrogens with one attached hydrogen (secondary N) is 2. The van der Waals surface area contributed by atoms with Gasteiger partial charge in [0, 0.05) is 31.4 Å². The fourth-order valence-electron chi connectivity index (χ4n) is 3.12. The number of amides is 1. The Labute approximate surface area is 145 Å². The first-order valence-corrected chi connectivity index (χ1v) is 8.34. The number of rotatable bonds is 4. The molecule has 0 atom stereocenters. The Bertz CT molecular complexity index is 860. The van der Waals surface area contributed by atoms with Crippen molar-refractivity contribution >= 4 is 11.7 Å². The van der Waals surface area contributed by atoms with Crippen molar-refractivity contribution in [3.63, 3.8) is 0 Å². The van der Waals surface area contributed by atoms with Crippen LogP contribution in [0.1, 0.15) is 27.3 Å². The van der Waals surface area contributed by atoms with Gasteiger partial charge in [0.05, 0.1) is 5.69 Å². The van der Waals surface area contributed by atoms with Crippen LogP contribution >= 0.6 is 0 Å². The Hall–Kier alpha value is -2.99. The van der Waals surface area contributed by atoms with E-state index in [2.05, 4.69) is 49.7 Å². The molecule has 3 aromatic rings. The van der Waals surface area contributed by atoms with E-state index in [1.807, 2.05) is 6.07 Å². The van der Waals surface area contributed by atoms with Gasteiger partial charge in [-0.15, -0.1) is 0 Å². The molecule has 126 valence electrons. The summed E-state index contributed by atoms with van der Waals surface area (Å²) in [5.41, 5.74) is 3.85. The molecule has 0 unspecified atom stereocenters. The van der Waals surface area contributed by atoms with Gasteiger partial charge in [-0.2, -0.15) is 5.10 Å². The molecule has 2 N–H and O–H groups in total. The fraction of sp³-hybridized carbons (Fsp3) is 0.211. The highest BCUT2D eigenvalue weighted by Crippen LogP contribution is 2.25. The van der Waals surface area contributed by atoms with Crippen LogP contribution in [-0.4, -0.2) is 32.5 Å². The lowest BCUT2D eigenvalue weighted by Gasteiger charge is -2.26. The standard InChI is InChI=1S/C19H19N5O/c25-19(16-8-4-5-10-20-16)21-18-15-9-11-24(13-17(15)22-23-18)12-14-6-2-1-3-7-14/h1-8,10H,9,11-13H2,(H2,21,22,23,25). The van der Waals surface area contributed by atoms with Gasteiger partial charge in [-0.1, -0.05) is 36.4 Å². The molecular formula is C19H19N5O. The lowest BCUT2D eigenvalue weighted by Crippen LogP contribution is -2.30. The van der Waals surface area contributed by atoms with Crippen molar-refractivity contribution in [1.29, 1.82) is 0 Å². The molecule has 0 aliphatic carbocycles. The van der Waals surface area contributed by atoms with Crippen molar-refractivity contribution in [2.75, 3.05) is 11.9 Å². The van der Waals surface area contributed by atoms with Crippen LogP contribution in [0.5, 0.6) is 0 Å². The van der Waals surface area contributed by atoms with E-state index in [1.165, 1.54) is 5.56 Å². The minimum absolute atomic E-state index is 0.235. The number of aromatic nitrogens is 3. The molecule has 0 radical (unpaired) electrons. The molecule has 4 rings (SSSR count). The van der Waals surface area contributed by atoms with E-state index < -0.39 is 0 Å². The normalized spacial score (nSPS) is 14.1. The monoisotopic (exact) mass is 333 g/mol. The summed E-state index contributed by atoms with van der Waals surface area (Å²) in [6.07, 6.45) is 2.47. The average Bonchev–Trinajstić information content (AvgIpc) is 3.05. The number of hydrogen-bond donors (Lipinski definition) is 2. The van der Waals surface area contributed by atoms with Gasteiger partial charge in [0.15, 0.2) is 5.82 Å². The summed E-state index contributed by atoms with van der Waals surface area (Å²) in [7, 11) is 0.